The second-order valence-electron chi connectivity index (χ2n) is 6.88. The van der Waals surface area contributed by atoms with E-state index in [9.17, 15) is 0 Å². The fraction of sp³-hybridized carbons (Fsp3) is 0.684. The van der Waals surface area contributed by atoms with Crippen LogP contribution in [0.1, 0.15) is 51.6 Å². The molecule has 1 aromatic carbocycles. The van der Waals surface area contributed by atoms with E-state index in [-0.39, 0.29) is 0 Å². The largest absolute Gasteiger partial charge is 0.310 e. The highest BCUT2D eigenvalue weighted by Gasteiger charge is 2.20. The number of benzene rings is 1. The molecule has 1 aliphatic heterocycles. The van der Waals surface area contributed by atoms with Crippen molar-refractivity contribution < 1.29 is 0 Å². The fourth-order valence-electron chi connectivity index (χ4n) is 3.31. The Morgan fingerprint density at radius 1 is 1.14 bits per heavy atom. The summed E-state index contributed by atoms with van der Waals surface area (Å²) in [5, 5.41) is 3.85. The first-order valence-corrected chi connectivity index (χ1v) is 8.69. The van der Waals surface area contributed by atoms with Crippen LogP contribution < -0.4 is 5.32 Å². The fourth-order valence-corrected chi connectivity index (χ4v) is 3.31. The first-order valence-electron chi connectivity index (χ1n) is 8.69. The lowest BCUT2D eigenvalue weighted by Gasteiger charge is -2.32. The predicted molar refractivity (Wildman–Crippen MR) is 91.5 cm³/mol. The van der Waals surface area contributed by atoms with Gasteiger partial charge in [-0.15, -0.1) is 0 Å². The van der Waals surface area contributed by atoms with Crippen LogP contribution in [0.3, 0.4) is 0 Å². The number of nitrogens with zero attached hydrogens (tertiary/aromatic N) is 1. The summed E-state index contributed by atoms with van der Waals surface area (Å²) in [4.78, 5) is 2.57. The van der Waals surface area contributed by atoms with Gasteiger partial charge in [0.05, 0.1) is 0 Å². The van der Waals surface area contributed by atoms with Crippen molar-refractivity contribution in [2.75, 3.05) is 26.2 Å². The van der Waals surface area contributed by atoms with Crippen molar-refractivity contribution in [1.82, 2.24) is 10.2 Å². The van der Waals surface area contributed by atoms with Crippen molar-refractivity contribution in [1.29, 1.82) is 0 Å². The van der Waals surface area contributed by atoms with Gasteiger partial charge in [-0.1, -0.05) is 51.1 Å². The van der Waals surface area contributed by atoms with E-state index < -0.39 is 0 Å². The molecule has 1 atom stereocenters. The summed E-state index contributed by atoms with van der Waals surface area (Å²) in [6, 6.07) is 11.5. The van der Waals surface area contributed by atoms with Crippen LogP contribution in [-0.2, 0) is 0 Å². The highest BCUT2D eigenvalue weighted by atomic mass is 15.1. The summed E-state index contributed by atoms with van der Waals surface area (Å²) in [6.07, 6.45) is 3.92. The molecule has 1 aliphatic rings. The molecule has 1 heterocycles. The average Bonchev–Trinajstić information content (AvgIpc) is 2.52. The monoisotopic (exact) mass is 288 g/mol. The zero-order valence-corrected chi connectivity index (χ0v) is 14.0. The SMILES string of the molecule is CCN1CCC(CNC(CC(C)C)c2ccccc2)CC1. The van der Waals surface area contributed by atoms with E-state index in [0.717, 1.165) is 11.8 Å². The van der Waals surface area contributed by atoms with Crippen LogP contribution in [0.25, 0.3) is 0 Å². The molecule has 0 spiro atoms. The summed E-state index contributed by atoms with van der Waals surface area (Å²) in [6.45, 7) is 11.8. The van der Waals surface area contributed by atoms with Gasteiger partial charge in [-0.25, -0.2) is 0 Å². The van der Waals surface area contributed by atoms with Gasteiger partial charge in [0.25, 0.3) is 0 Å². The van der Waals surface area contributed by atoms with Crippen LogP contribution in [0.15, 0.2) is 30.3 Å². The highest BCUT2D eigenvalue weighted by molar-refractivity contribution is 5.18. The van der Waals surface area contributed by atoms with Crippen LogP contribution in [0.2, 0.25) is 0 Å². The van der Waals surface area contributed by atoms with Crippen molar-refractivity contribution >= 4 is 0 Å². The molecule has 1 unspecified atom stereocenters. The molecule has 21 heavy (non-hydrogen) atoms. The van der Waals surface area contributed by atoms with Gasteiger partial charge >= 0.3 is 0 Å². The number of hydrogen-bond donors (Lipinski definition) is 1. The number of piperidine rings is 1. The van der Waals surface area contributed by atoms with E-state index in [4.69, 9.17) is 0 Å². The predicted octanol–water partition coefficient (Wildman–Crippen LogP) is 4.10. The Morgan fingerprint density at radius 3 is 2.38 bits per heavy atom. The Bertz CT molecular complexity index is 380. The average molecular weight is 288 g/mol. The number of rotatable bonds is 7. The Kier molecular flexibility index (Phi) is 6.72. The molecule has 118 valence electrons. The molecule has 2 nitrogen and oxygen atoms in total. The maximum absolute atomic E-state index is 3.85. The topological polar surface area (TPSA) is 15.3 Å². The number of nitrogens with one attached hydrogen (secondary N) is 1. The first-order chi connectivity index (χ1) is 10.2. The summed E-state index contributed by atoms with van der Waals surface area (Å²) in [5.74, 6) is 1.58. The van der Waals surface area contributed by atoms with Crippen molar-refractivity contribution in [2.24, 2.45) is 11.8 Å². The smallest absolute Gasteiger partial charge is 0.0322 e. The normalized spacial score (nSPS) is 19.0. The van der Waals surface area contributed by atoms with Gasteiger partial charge in [0.1, 0.15) is 0 Å². The van der Waals surface area contributed by atoms with Crippen molar-refractivity contribution in [3.8, 4) is 0 Å². The van der Waals surface area contributed by atoms with Gasteiger partial charge in [-0.3, -0.25) is 0 Å². The standard InChI is InChI=1S/C19H32N2/c1-4-21-12-10-17(11-13-21)15-20-19(14-16(2)3)18-8-6-5-7-9-18/h5-9,16-17,19-20H,4,10-15H2,1-3H3. The van der Waals surface area contributed by atoms with E-state index in [1.165, 1.54) is 51.0 Å². The molecule has 0 aliphatic carbocycles. The summed E-state index contributed by atoms with van der Waals surface area (Å²) >= 11 is 0. The molecular formula is C19H32N2. The molecule has 1 saturated heterocycles. The minimum Gasteiger partial charge on any atom is -0.310 e. The van der Waals surface area contributed by atoms with E-state index in [2.05, 4.69) is 61.3 Å². The highest BCUT2D eigenvalue weighted by Crippen LogP contribution is 2.23. The third kappa shape index (κ3) is 5.44. The molecule has 2 rings (SSSR count). The van der Waals surface area contributed by atoms with Gasteiger partial charge in [-0.05, 0) is 62.8 Å². The second-order valence-corrected chi connectivity index (χ2v) is 6.88. The molecule has 0 saturated carbocycles. The molecule has 0 radical (unpaired) electrons. The van der Waals surface area contributed by atoms with Gasteiger partial charge in [-0.2, -0.15) is 0 Å². The third-order valence-electron chi connectivity index (χ3n) is 4.72. The molecule has 1 fully saturated rings. The molecule has 0 amide bonds. The van der Waals surface area contributed by atoms with Gasteiger partial charge in [0.2, 0.25) is 0 Å². The lowest BCUT2D eigenvalue weighted by atomic mass is 9.93. The minimum absolute atomic E-state index is 0.510. The Balaban J connectivity index is 1.85. The third-order valence-corrected chi connectivity index (χ3v) is 4.72. The van der Waals surface area contributed by atoms with E-state index >= 15 is 0 Å². The quantitative estimate of drug-likeness (QED) is 0.813. The molecule has 0 aromatic heterocycles. The van der Waals surface area contributed by atoms with Gasteiger partial charge in [0.15, 0.2) is 0 Å². The Hall–Kier alpha value is -0.860. The zero-order chi connectivity index (χ0) is 15.1. The summed E-state index contributed by atoms with van der Waals surface area (Å²) in [7, 11) is 0. The van der Waals surface area contributed by atoms with Crippen molar-refractivity contribution in [2.45, 2.75) is 46.1 Å². The summed E-state index contributed by atoms with van der Waals surface area (Å²) < 4.78 is 0. The maximum atomic E-state index is 3.85. The van der Waals surface area contributed by atoms with Gasteiger partial charge < -0.3 is 10.2 Å². The van der Waals surface area contributed by atoms with Crippen LogP contribution in [0.5, 0.6) is 0 Å². The molecule has 2 heteroatoms. The lowest BCUT2D eigenvalue weighted by Crippen LogP contribution is -2.38. The van der Waals surface area contributed by atoms with Gasteiger partial charge in [0, 0.05) is 6.04 Å². The molecular weight excluding hydrogens is 256 g/mol. The van der Waals surface area contributed by atoms with Crippen LogP contribution in [-0.4, -0.2) is 31.1 Å². The Morgan fingerprint density at radius 2 is 1.81 bits per heavy atom. The Labute approximate surface area is 130 Å². The zero-order valence-electron chi connectivity index (χ0n) is 14.0. The number of likely N-dealkylation sites (tertiary alicyclic amines) is 1. The minimum atomic E-state index is 0.510. The second kappa shape index (κ2) is 8.55. The molecule has 1 N–H and O–H groups in total. The van der Waals surface area contributed by atoms with E-state index in [1.54, 1.807) is 0 Å². The van der Waals surface area contributed by atoms with E-state index in [1.807, 2.05) is 0 Å². The van der Waals surface area contributed by atoms with Crippen LogP contribution in [0, 0.1) is 11.8 Å². The first kappa shape index (κ1) is 16.5. The van der Waals surface area contributed by atoms with Crippen molar-refractivity contribution in [3.63, 3.8) is 0 Å². The molecule has 0 bridgehead atoms. The van der Waals surface area contributed by atoms with Crippen molar-refractivity contribution in [3.05, 3.63) is 35.9 Å². The van der Waals surface area contributed by atoms with E-state index in [0.29, 0.717) is 6.04 Å². The molecule has 1 aromatic rings. The summed E-state index contributed by atoms with van der Waals surface area (Å²) in [5.41, 5.74) is 1.44. The number of hydrogen-bond acceptors (Lipinski definition) is 2. The van der Waals surface area contributed by atoms with Crippen LogP contribution >= 0.6 is 0 Å². The lowest BCUT2D eigenvalue weighted by molar-refractivity contribution is 0.186. The maximum Gasteiger partial charge on any atom is 0.0322 e. The van der Waals surface area contributed by atoms with Crippen LogP contribution in [0.4, 0.5) is 0 Å².